The van der Waals surface area contributed by atoms with Gasteiger partial charge in [0, 0.05) is 69.0 Å². The summed E-state index contributed by atoms with van der Waals surface area (Å²) in [6, 6.07) is 0. The molecule has 2 heterocycles. The van der Waals surface area contributed by atoms with Crippen molar-refractivity contribution in [2.45, 2.75) is 31.4 Å². The number of alkyl halides is 2. The maximum absolute atomic E-state index is 5.75. The van der Waals surface area contributed by atoms with Gasteiger partial charge in [-0.15, -0.1) is 93.8 Å². The van der Waals surface area contributed by atoms with Crippen LogP contribution in [-0.2, 0) is 0 Å². The van der Waals surface area contributed by atoms with E-state index in [4.69, 9.17) is 23.2 Å². The third-order valence-electron chi connectivity index (χ3n) is 4.48. The van der Waals surface area contributed by atoms with Crippen LogP contribution in [0.3, 0.4) is 0 Å². The number of hydrogen-bond acceptors (Lipinski definition) is 13. The van der Waals surface area contributed by atoms with E-state index in [0.717, 1.165) is 39.1 Å². The Morgan fingerprint density at radius 2 is 0.892 bits per heavy atom. The summed E-state index contributed by atoms with van der Waals surface area (Å²) in [5.74, 6) is 18.7. The van der Waals surface area contributed by atoms with Gasteiger partial charge in [-0.25, -0.2) is 0 Å². The van der Waals surface area contributed by atoms with E-state index in [1.807, 2.05) is 58.8 Å². The summed E-state index contributed by atoms with van der Waals surface area (Å²) in [4.78, 5) is -0.241. The first kappa shape index (κ1) is 42.1. The van der Waals surface area contributed by atoms with E-state index in [2.05, 4.69) is 111 Å². The summed E-state index contributed by atoms with van der Waals surface area (Å²) < 4.78 is 1.20. The summed E-state index contributed by atoms with van der Waals surface area (Å²) in [5.41, 5.74) is 0. The monoisotopic (exact) mass is 794 g/mol. The van der Waals surface area contributed by atoms with Gasteiger partial charge in [-0.1, -0.05) is 0 Å². The lowest BCUT2D eigenvalue weighted by Gasteiger charge is -2.31. The zero-order chi connectivity index (χ0) is 27.8. The summed E-state index contributed by atoms with van der Waals surface area (Å²) in [6.45, 7) is 4.56. The lowest BCUT2D eigenvalue weighted by molar-refractivity contribution is 0.994. The molecule has 0 spiro atoms. The molecule has 2 saturated heterocycles. The summed E-state index contributed by atoms with van der Waals surface area (Å²) >= 11 is 46.5. The van der Waals surface area contributed by atoms with Crippen molar-refractivity contribution in [2.75, 3.05) is 92.0 Å². The molecule has 2 rings (SSSR count). The van der Waals surface area contributed by atoms with Crippen molar-refractivity contribution in [3.8, 4) is 0 Å². The fourth-order valence-electron chi connectivity index (χ4n) is 2.67. The highest BCUT2D eigenvalue weighted by Crippen LogP contribution is 2.53. The summed E-state index contributed by atoms with van der Waals surface area (Å²) in [7, 11) is 0. The maximum Gasteiger partial charge on any atom is 0.131 e. The van der Waals surface area contributed by atoms with Gasteiger partial charge < -0.3 is 0 Å². The average Bonchev–Trinajstić information content (AvgIpc) is 3.53. The lowest BCUT2D eigenvalue weighted by Crippen LogP contribution is -2.26. The Bertz CT molecular complexity index is 475. The molecule has 2 fully saturated rings. The van der Waals surface area contributed by atoms with Crippen molar-refractivity contribution in [3.63, 3.8) is 0 Å². The van der Waals surface area contributed by atoms with Gasteiger partial charge in [0.15, 0.2) is 0 Å². The quantitative estimate of drug-likeness (QED) is 0.0460. The number of hydrogen-bond donors (Lipinski definition) is 4. The zero-order valence-electron chi connectivity index (χ0n) is 21.7. The Kier molecular flexibility index (Phi) is 32.6. The molecule has 0 bridgehead atoms. The molecular weight excluding hydrogens is 752 g/mol. The van der Waals surface area contributed by atoms with Gasteiger partial charge in [-0.2, -0.15) is 85.8 Å². The molecule has 0 radical (unpaired) electrons. The van der Waals surface area contributed by atoms with Crippen LogP contribution >= 0.6 is 180 Å². The Labute approximate surface area is 299 Å². The average molecular weight is 796 g/mol. The van der Waals surface area contributed by atoms with Crippen LogP contribution < -0.4 is 0 Å². The first-order chi connectivity index (χ1) is 17.8. The predicted octanol–water partition coefficient (Wildman–Crippen LogP) is 9.87. The molecule has 0 N–H and O–H groups in total. The molecule has 15 heteroatoms. The van der Waals surface area contributed by atoms with Crippen LogP contribution in [0.2, 0.25) is 0 Å². The highest BCUT2D eigenvalue weighted by Gasteiger charge is 2.39. The Hall–Kier alpha value is 5.13. The molecule has 0 saturated carbocycles. The van der Waals surface area contributed by atoms with Crippen LogP contribution in [-0.4, -0.2) is 110 Å². The number of thioether (sulfide) groups is 9. The molecule has 0 aromatic carbocycles. The highest BCUT2D eigenvalue weighted by atomic mass is 35.5. The lowest BCUT2D eigenvalue weighted by atomic mass is 10.5. The first-order valence-electron chi connectivity index (χ1n) is 12.0. The molecule has 0 aromatic heterocycles. The van der Waals surface area contributed by atoms with E-state index in [9.17, 15) is 0 Å². The van der Waals surface area contributed by atoms with Gasteiger partial charge in [0.1, 0.15) is 4.84 Å². The van der Waals surface area contributed by atoms with Crippen LogP contribution in [0.15, 0.2) is 0 Å². The van der Waals surface area contributed by atoms with Crippen molar-refractivity contribution < 1.29 is 0 Å². The smallest absolute Gasteiger partial charge is 0.131 e. The third-order valence-corrected chi connectivity index (χ3v) is 22.1. The molecule has 0 atom stereocenters. The van der Waals surface area contributed by atoms with Crippen LogP contribution in [0, 0.1) is 0 Å². The fourth-order valence-corrected chi connectivity index (χ4v) is 16.6. The molecule has 0 aromatic rings. The van der Waals surface area contributed by atoms with Crippen molar-refractivity contribution >= 4 is 180 Å². The molecule has 2 aliphatic rings. The fraction of sp³-hybridized carbons (Fsp3) is 1.00. The first-order valence-corrected chi connectivity index (χ1v) is 24.9. The van der Waals surface area contributed by atoms with E-state index in [-0.39, 0.29) is 8.92 Å². The van der Waals surface area contributed by atoms with E-state index in [0.29, 0.717) is 4.08 Å². The van der Waals surface area contributed by atoms with Crippen molar-refractivity contribution in [1.29, 1.82) is 0 Å². The maximum atomic E-state index is 5.75. The SMILES string of the molecule is CC1(C(Cl)Cl)SCCS1.CC1(C(SCCSCCS)SCCSCCS)SCCS1.SCCSCCS. The van der Waals surface area contributed by atoms with Crippen molar-refractivity contribution in [1.82, 2.24) is 0 Å². The largest absolute Gasteiger partial charge is 0.179 e. The molecule has 2 aliphatic heterocycles. The van der Waals surface area contributed by atoms with Crippen LogP contribution in [0.25, 0.3) is 0 Å². The third kappa shape index (κ3) is 22.3. The Morgan fingerprint density at radius 1 is 0.568 bits per heavy atom. The summed E-state index contributed by atoms with van der Waals surface area (Å²) in [5, 5.41) is 0. The molecular formula is C22H44Cl2S13. The normalized spacial score (nSPS) is 18.0. The van der Waals surface area contributed by atoms with Crippen LogP contribution in [0.4, 0.5) is 0 Å². The van der Waals surface area contributed by atoms with Crippen LogP contribution in [0.1, 0.15) is 13.8 Å². The molecule has 37 heavy (non-hydrogen) atoms. The van der Waals surface area contributed by atoms with Crippen molar-refractivity contribution in [2.24, 2.45) is 0 Å². The summed E-state index contributed by atoms with van der Waals surface area (Å²) in [6.07, 6.45) is 0. The van der Waals surface area contributed by atoms with Gasteiger partial charge in [0.25, 0.3) is 0 Å². The van der Waals surface area contributed by atoms with Gasteiger partial charge in [0.05, 0.1) is 12.7 Å². The van der Waals surface area contributed by atoms with Gasteiger partial charge in [-0.05, 0) is 36.9 Å². The van der Waals surface area contributed by atoms with Gasteiger partial charge in [-0.3, -0.25) is 0 Å². The zero-order valence-corrected chi connectivity index (χ0v) is 34.1. The minimum Gasteiger partial charge on any atom is -0.179 e. The Balaban J connectivity index is 0.000000660. The molecule has 0 amide bonds. The molecule has 0 aliphatic carbocycles. The van der Waals surface area contributed by atoms with E-state index >= 15 is 0 Å². The molecule has 0 unspecified atom stereocenters. The number of rotatable bonds is 18. The topological polar surface area (TPSA) is 0 Å². The van der Waals surface area contributed by atoms with E-state index < -0.39 is 0 Å². The standard InChI is InChI=1S/C13H26S8.C5H8Cl2S2.C4H10S3/c1-13(20-10-11-21-13)12(18-8-6-16-4-2-14)19-9-7-17-5-3-15;1-5(4(6)7)8-2-3-9-5;5-1-3-7-4-2-6/h12,14-15H,2-11H2,1H3;4H,2-3H2,1H3;5-6H,1-4H2. The second-order valence-corrected chi connectivity index (χ2v) is 23.5. The van der Waals surface area contributed by atoms with Crippen LogP contribution in [0.5, 0.6) is 0 Å². The highest BCUT2D eigenvalue weighted by molar-refractivity contribution is 8.26. The van der Waals surface area contributed by atoms with E-state index in [1.165, 1.54) is 57.5 Å². The Morgan fingerprint density at radius 3 is 1.19 bits per heavy atom. The minimum atomic E-state index is -0.241. The van der Waals surface area contributed by atoms with Gasteiger partial charge >= 0.3 is 0 Å². The second-order valence-electron chi connectivity index (χ2n) is 7.53. The number of halogens is 2. The minimum absolute atomic E-state index is 0.0586. The van der Waals surface area contributed by atoms with Gasteiger partial charge in [0.2, 0.25) is 0 Å². The van der Waals surface area contributed by atoms with E-state index in [1.54, 1.807) is 0 Å². The predicted molar refractivity (Wildman–Crippen MR) is 218 cm³/mol. The number of thiol groups is 4. The molecule has 0 nitrogen and oxygen atoms in total. The second kappa shape index (κ2) is 28.6. The van der Waals surface area contributed by atoms with Crippen molar-refractivity contribution in [3.05, 3.63) is 0 Å². The molecule has 224 valence electrons.